The Morgan fingerprint density at radius 1 is 1.10 bits per heavy atom. The second kappa shape index (κ2) is 5.58. The third-order valence-corrected chi connectivity index (χ3v) is 4.84. The molecule has 1 aromatic rings. The number of aryl methyl sites for hydroxylation is 2. The molecule has 2 aliphatic rings. The molecule has 0 unspecified atom stereocenters. The summed E-state index contributed by atoms with van der Waals surface area (Å²) in [6.45, 7) is 1.05. The van der Waals surface area contributed by atoms with Crippen LogP contribution < -0.4 is 4.90 Å². The molecule has 5 heteroatoms. The number of anilines is 1. The number of fused-ring (bicyclic) bond motifs is 1. The standard InChI is InChI=1S/C15H19BrF2N2/c16-12-10-11-4-1-2-5-13(11)19-14(12)20-8-3-6-15(17,18)7-9-20/h10H,1-9H2. The molecule has 20 heavy (non-hydrogen) atoms. The van der Waals surface area contributed by atoms with Crippen molar-refractivity contribution in [1.82, 2.24) is 4.98 Å². The first-order chi connectivity index (χ1) is 9.55. The Balaban J connectivity index is 1.86. The second-order valence-electron chi connectivity index (χ2n) is 5.80. The van der Waals surface area contributed by atoms with Gasteiger partial charge in [0.15, 0.2) is 0 Å². The highest BCUT2D eigenvalue weighted by Crippen LogP contribution is 2.34. The van der Waals surface area contributed by atoms with Gasteiger partial charge in [-0.15, -0.1) is 0 Å². The summed E-state index contributed by atoms with van der Waals surface area (Å²) < 4.78 is 27.9. The quantitative estimate of drug-likeness (QED) is 0.752. The summed E-state index contributed by atoms with van der Waals surface area (Å²) in [6.07, 6.45) is 4.94. The van der Waals surface area contributed by atoms with Crippen molar-refractivity contribution in [2.24, 2.45) is 0 Å². The summed E-state index contributed by atoms with van der Waals surface area (Å²) in [5.74, 6) is -1.67. The van der Waals surface area contributed by atoms with E-state index in [9.17, 15) is 8.78 Å². The van der Waals surface area contributed by atoms with Crippen LogP contribution in [0.5, 0.6) is 0 Å². The van der Waals surface area contributed by atoms with Crippen LogP contribution in [0.25, 0.3) is 0 Å². The van der Waals surface area contributed by atoms with Gasteiger partial charge in [0.05, 0.1) is 4.47 Å². The Labute approximate surface area is 126 Å². The normalized spacial score (nSPS) is 22.2. The Morgan fingerprint density at radius 2 is 1.90 bits per heavy atom. The van der Waals surface area contributed by atoms with E-state index in [4.69, 9.17) is 4.98 Å². The fourth-order valence-electron chi connectivity index (χ4n) is 3.09. The Bertz CT molecular complexity index is 505. The molecule has 0 spiro atoms. The first-order valence-electron chi connectivity index (χ1n) is 7.36. The number of rotatable bonds is 1. The van der Waals surface area contributed by atoms with Crippen molar-refractivity contribution in [3.63, 3.8) is 0 Å². The zero-order valence-corrected chi connectivity index (χ0v) is 13.1. The molecule has 1 aromatic heterocycles. The minimum Gasteiger partial charge on any atom is -0.355 e. The first-order valence-corrected chi connectivity index (χ1v) is 8.15. The molecule has 0 N–H and O–H groups in total. The van der Waals surface area contributed by atoms with Crippen molar-refractivity contribution in [3.05, 3.63) is 21.8 Å². The molecule has 0 amide bonds. The molecule has 1 aliphatic heterocycles. The molecule has 0 saturated carbocycles. The highest BCUT2D eigenvalue weighted by molar-refractivity contribution is 9.10. The number of pyridine rings is 1. The Kier molecular flexibility index (Phi) is 3.98. The van der Waals surface area contributed by atoms with Crippen molar-refractivity contribution in [2.75, 3.05) is 18.0 Å². The van der Waals surface area contributed by atoms with Gasteiger partial charge in [0.25, 0.3) is 0 Å². The molecule has 110 valence electrons. The number of nitrogens with zero attached hydrogens (tertiary/aromatic N) is 2. The number of halogens is 3. The molecule has 3 rings (SSSR count). The van der Waals surface area contributed by atoms with Gasteiger partial charge in [-0.05, 0) is 59.7 Å². The Morgan fingerprint density at radius 3 is 2.75 bits per heavy atom. The van der Waals surface area contributed by atoms with E-state index >= 15 is 0 Å². The van der Waals surface area contributed by atoms with Gasteiger partial charge in [-0.25, -0.2) is 13.8 Å². The molecular weight excluding hydrogens is 326 g/mol. The molecule has 1 fully saturated rings. The Hall–Kier alpha value is -0.710. The van der Waals surface area contributed by atoms with E-state index in [-0.39, 0.29) is 12.8 Å². The molecular formula is C15H19BrF2N2. The van der Waals surface area contributed by atoms with Gasteiger partial charge < -0.3 is 4.90 Å². The van der Waals surface area contributed by atoms with Crippen LogP contribution in [0.4, 0.5) is 14.6 Å². The van der Waals surface area contributed by atoms with Crippen LogP contribution in [0, 0.1) is 0 Å². The summed E-state index contributed by atoms with van der Waals surface area (Å²) in [6, 6.07) is 2.14. The van der Waals surface area contributed by atoms with Crippen LogP contribution in [0.1, 0.15) is 43.4 Å². The van der Waals surface area contributed by atoms with Crippen LogP contribution in [0.3, 0.4) is 0 Å². The minimum absolute atomic E-state index is 0.00788. The van der Waals surface area contributed by atoms with Crippen LogP contribution in [-0.4, -0.2) is 24.0 Å². The third-order valence-electron chi connectivity index (χ3n) is 4.25. The molecule has 1 aliphatic carbocycles. The van der Waals surface area contributed by atoms with Crippen molar-refractivity contribution >= 4 is 21.7 Å². The van der Waals surface area contributed by atoms with Crippen LogP contribution in [0.2, 0.25) is 0 Å². The fourth-order valence-corrected chi connectivity index (χ4v) is 3.71. The lowest BCUT2D eigenvalue weighted by Crippen LogP contribution is -2.27. The lowest BCUT2D eigenvalue weighted by molar-refractivity contribution is -0.0102. The van der Waals surface area contributed by atoms with E-state index in [0.717, 1.165) is 28.8 Å². The number of hydrogen-bond acceptors (Lipinski definition) is 2. The van der Waals surface area contributed by atoms with Crippen LogP contribution in [-0.2, 0) is 12.8 Å². The van der Waals surface area contributed by atoms with E-state index in [2.05, 4.69) is 22.0 Å². The van der Waals surface area contributed by atoms with Gasteiger partial charge in [-0.2, -0.15) is 0 Å². The van der Waals surface area contributed by atoms with E-state index in [1.807, 2.05) is 4.90 Å². The minimum atomic E-state index is -2.52. The third kappa shape index (κ3) is 2.97. The maximum Gasteiger partial charge on any atom is 0.249 e. The topological polar surface area (TPSA) is 16.1 Å². The van der Waals surface area contributed by atoms with Gasteiger partial charge in [-0.1, -0.05) is 0 Å². The largest absolute Gasteiger partial charge is 0.355 e. The summed E-state index contributed by atoms with van der Waals surface area (Å²) in [4.78, 5) is 6.77. The van der Waals surface area contributed by atoms with E-state index < -0.39 is 5.92 Å². The fraction of sp³-hybridized carbons (Fsp3) is 0.667. The second-order valence-corrected chi connectivity index (χ2v) is 6.66. The molecule has 0 radical (unpaired) electrons. The number of alkyl halides is 2. The van der Waals surface area contributed by atoms with E-state index in [1.54, 1.807) is 0 Å². The summed E-state index contributed by atoms with van der Waals surface area (Å²) in [5, 5.41) is 0. The van der Waals surface area contributed by atoms with E-state index in [0.29, 0.717) is 19.5 Å². The maximum atomic E-state index is 13.5. The molecule has 0 aromatic carbocycles. The van der Waals surface area contributed by atoms with E-state index in [1.165, 1.54) is 18.4 Å². The first kappa shape index (κ1) is 14.2. The predicted octanol–water partition coefficient (Wildman–Crippen LogP) is 4.35. The zero-order valence-electron chi connectivity index (χ0n) is 11.5. The summed E-state index contributed by atoms with van der Waals surface area (Å²) in [7, 11) is 0. The van der Waals surface area contributed by atoms with Crippen molar-refractivity contribution in [3.8, 4) is 0 Å². The predicted molar refractivity (Wildman–Crippen MR) is 79.6 cm³/mol. The smallest absolute Gasteiger partial charge is 0.249 e. The molecule has 2 heterocycles. The van der Waals surface area contributed by atoms with Crippen LogP contribution in [0.15, 0.2) is 10.5 Å². The lowest BCUT2D eigenvalue weighted by atomic mass is 9.96. The van der Waals surface area contributed by atoms with Gasteiger partial charge in [0.2, 0.25) is 5.92 Å². The number of hydrogen-bond donors (Lipinski definition) is 0. The highest BCUT2D eigenvalue weighted by Gasteiger charge is 2.32. The zero-order chi connectivity index (χ0) is 14.2. The molecule has 1 saturated heterocycles. The molecule has 0 atom stereocenters. The van der Waals surface area contributed by atoms with Gasteiger partial charge in [0.1, 0.15) is 5.82 Å². The SMILES string of the molecule is FC1(F)CCCN(c2nc3c(cc2Br)CCCC3)CC1. The maximum absolute atomic E-state index is 13.5. The number of aromatic nitrogens is 1. The summed E-state index contributed by atoms with van der Waals surface area (Å²) >= 11 is 3.57. The molecule has 2 nitrogen and oxygen atoms in total. The monoisotopic (exact) mass is 344 g/mol. The van der Waals surface area contributed by atoms with Crippen molar-refractivity contribution in [1.29, 1.82) is 0 Å². The van der Waals surface area contributed by atoms with Gasteiger partial charge in [-0.3, -0.25) is 0 Å². The lowest BCUT2D eigenvalue weighted by Gasteiger charge is -2.25. The summed E-state index contributed by atoms with van der Waals surface area (Å²) in [5.41, 5.74) is 2.47. The van der Waals surface area contributed by atoms with Crippen molar-refractivity contribution in [2.45, 2.75) is 50.9 Å². The molecule has 0 bridgehead atoms. The van der Waals surface area contributed by atoms with Gasteiger partial charge >= 0.3 is 0 Å². The highest BCUT2D eigenvalue weighted by atomic mass is 79.9. The van der Waals surface area contributed by atoms with Crippen molar-refractivity contribution < 1.29 is 8.78 Å². The average Bonchev–Trinajstić information content (AvgIpc) is 2.59. The average molecular weight is 345 g/mol. The van der Waals surface area contributed by atoms with Gasteiger partial charge in [0, 0.05) is 31.6 Å². The van der Waals surface area contributed by atoms with Crippen LogP contribution >= 0.6 is 15.9 Å².